The number of halogens is 1. The van der Waals surface area contributed by atoms with Crippen molar-refractivity contribution in [2.45, 2.75) is 0 Å². The molecule has 0 aliphatic rings. The molecule has 126 valence electrons. The molecule has 0 fully saturated rings. The Kier molecular flexibility index (Phi) is 6.01. The minimum Gasteiger partial charge on any atom is -0.423 e. The van der Waals surface area contributed by atoms with Crippen molar-refractivity contribution < 1.29 is 23.5 Å². The molecular weight excluding hydrogens is 323 g/mol. The summed E-state index contributed by atoms with van der Waals surface area (Å²) in [7, 11) is 0. The minimum atomic E-state index is -0.653. The van der Waals surface area contributed by atoms with Gasteiger partial charge in [0.2, 0.25) is 0 Å². The second kappa shape index (κ2) is 8.40. The molecule has 5 heteroatoms. The van der Waals surface area contributed by atoms with Crippen molar-refractivity contribution in [2.75, 3.05) is 0 Å². The average Bonchev–Trinajstić information content (AvgIpc) is 2.62. The third-order valence-electron chi connectivity index (χ3n) is 3.08. The van der Waals surface area contributed by atoms with Gasteiger partial charge >= 0.3 is 11.9 Å². The van der Waals surface area contributed by atoms with Crippen LogP contribution in [0.1, 0.15) is 11.1 Å². The standard InChI is InChI=1S/C20H15FO4/c1-3-19(22)24-16-10-6-14(7-11-16)5-8-15-9-12-17(13-18(15)21)25-20(23)4-2/h3-13H,1-2H2. The molecule has 0 unspecified atom stereocenters. The smallest absolute Gasteiger partial charge is 0.335 e. The fourth-order valence-electron chi connectivity index (χ4n) is 1.86. The molecule has 2 rings (SSSR count). The molecular formula is C20H15FO4. The van der Waals surface area contributed by atoms with Crippen molar-refractivity contribution in [3.8, 4) is 11.5 Å². The maximum Gasteiger partial charge on any atom is 0.335 e. The van der Waals surface area contributed by atoms with Gasteiger partial charge in [-0.05, 0) is 29.8 Å². The first-order chi connectivity index (χ1) is 12.0. The highest BCUT2D eigenvalue weighted by Crippen LogP contribution is 2.20. The van der Waals surface area contributed by atoms with Gasteiger partial charge in [-0.15, -0.1) is 0 Å². The molecule has 0 amide bonds. The summed E-state index contributed by atoms with van der Waals surface area (Å²) in [5, 5.41) is 0. The van der Waals surface area contributed by atoms with Crippen LogP contribution in [0.15, 0.2) is 67.8 Å². The molecule has 0 aliphatic carbocycles. The summed E-state index contributed by atoms with van der Waals surface area (Å²) in [6.07, 6.45) is 5.36. The van der Waals surface area contributed by atoms with Crippen molar-refractivity contribution in [3.05, 3.63) is 84.7 Å². The Labute approximate surface area is 144 Å². The highest BCUT2D eigenvalue weighted by molar-refractivity contribution is 5.84. The van der Waals surface area contributed by atoms with Crippen molar-refractivity contribution in [1.82, 2.24) is 0 Å². The molecule has 0 N–H and O–H groups in total. The van der Waals surface area contributed by atoms with Crippen LogP contribution in [0.3, 0.4) is 0 Å². The Morgan fingerprint density at radius 2 is 1.40 bits per heavy atom. The predicted molar refractivity (Wildman–Crippen MR) is 93.4 cm³/mol. The minimum absolute atomic E-state index is 0.105. The normalized spacial score (nSPS) is 10.3. The SMILES string of the molecule is C=CC(=O)Oc1ccc(C=Cc2ccc(OC(=O)C=C)cc2F)cc1. The van der Waals surface area contributed by atoms with Crippen molar-refractivity contribution in [2.24, 2.45) is 0 Å². The van der Waals surface area contributed by atoms with Crippen molar-refractivity contribution in [1.29, 1.82) is 0 Å². The molecule has 0 saturated carbocycles. The molecule has 0 atom stereocenters. The zero-order valence-corrected chi connectivity index (χ0v) is 13.3. The number of hydrogen-bond acceptors (Lipinski definition) is 4. The van der Waals surface area contributed by atoms with Crippen LogP contribution < -0.4 is 9.47 Å². The molecule has 4 nitrogen and oxygen atoms in total. The van der Waals surface area contributed by atoms with Gasteiger partial charge in [0.1, 0.15) is 17.3 Å². The van der Waals surface area contributed by atoms with Crippen molar-refractivity contribution in [3.63, 3.8) is 0 Å². The molecule has 0 spiro atoms. The van der Waals surface area contributed by atoms with Gasteiger partial charge in [0.05, 0.1) is 0 Å². The van der Waals surface area contributed by atoms with E-state index in [1.54, 1.807) is 36.4 Å². The second-order valence-corrected chi connectivity index (χ2v) is 4.84. The summed E-state index contributed by atoms with van der Waals surface area (Å²) in [5.74, 6) is -1.22. The maximum absolute atomic E-state index is 14.0. The molecule has 0 saturated heterocycles. The van der Waals surface area contributed by atoms with Gasteiger partial charge in [-0.1, -0.05) is 37.4 Å². The molecule has 0 bridgehead atoms. The van der Waals surface area contributed by atoms with Gasteiger partial charge in [0, 0.05) is 23.8 Å². The largest absolute Gasteiger partial charge is 0.423 e. The number of benzene rings is 2. The molecule has 2 aromatic carbocycles. The number of carbonyl (C=O) groups is 2. The summed E-state index contributed by atoms with van der Waals surface area (Å²) in [6.45, 7) is 6.59. The summed E-state index contributed by atoms with van der Waals surface area (Å²) in [6, 6.07) is 10.8. The summed E-state index contributed by atoms with van der Waals surface area (Å²) in [4.78, 5) is 22.2. The fraction of sp³-hybridized carbons (Fsp3) is 0. The van der Waals surface area contributed by atoms with E-state index < -0.39 is 17.8 Å². The molecule has 0 aliphatic heterocycles. The van der Waals surface area contributed by atoms with Crippen LogP contribution in [-0.2, 0) is 9.59 Å². The monoisotopic (exact) mass is 338 g/mol. The summed E-state index contributed by atoms with van der Waals surface area (Å²) in [5.41, 5.74) is 1.13. The summed E-state index contributed by atoms with van der Waals surface area (Å²) < 4.78 is 23.8. The maximum atomic E-state index is 14.0. The highest BCUT2D eigenvalue weighted by Gasteiger charge is 2.05. The zero-order chi connectivity index (χ0) is 18.2. The average molecular weight is 338 g/mol. The molecule has 2 aromatic rings. The van der Waals surface area contributed by atoms with E-state index in [0.717, 1.165) is 23.8 Å². The van der Waals surface area contributed by atoms with E-state index in [-0.39, 0.29) is 5.75 Å². The lowest BCUT2D eigenvalue weighted by Crippen LogP contribution is -2.03. The second-order valence-electron chi connectivity index (χ2n) is 4.84. The van der Waals surface area contributed by atoms with Gasteiger partial charge in [-0.25, -0.2) is 14.0 Å². The van der Waals surface area contributed by atoms with Gasteiger partial charge in [-0.3, -0.25) is 0 Å². The molecule has 0 heterocycles. The van der Waals surface area contributed by atoms with Crippen LogP contribution in [0.2, 0.25) is 0 Å². The van der Waals surface area contributed by atoms with E-state index in [2.05, 4.69) is 13.2 Å². The Morgan fingerprint density at radius 3 is 1.96 bits per heavy atom. The number of rotatable bonds is 6. The van der Waals surface area contributed by atoms with Crippen LogP contribution >= 0.6 is 0 Å². The molecule has 25 heavy (non-hydrogen) atoms. The van der Waals surface area contributed by atoms with Crippen LogP contribution in [0.25, 0.3) is 12.2 Å². The first-order valence-corrected chi connectivity index (χ1v) is 7.28. The molecule has 0 radical (unpaired) electrons. The van der Waals surface area contributed by atoms with E-state index in [0.29, 0.717) is 11.3 Å². The van der Waals surface area contributed by atoms with E-state index in [1.807, 2.05) is 0 Å². The lowest BCUT2D eigenvalue weighted by atomic mass is 10.1. The number of carbonyl (C=O) groups excluding carboxylic acids is 2. The van der Waals surface area contributed by atoms with Crippen LogP contribution in [0, 0.1) is 5.82 Å². The van der Waals surface area contributed by atoms with E-state index in [1.165, 1.54) is 12.1 Å². The van der Waals surface area contributed by atoms with Crippen molar-refractivity contribution >= 4 is 24.1 Å². The number of ether oxygens (including phenoxy) is 2. The quantitative estimate of drug-likeness (QED) is 0.343. The van der Waals surface area contributed by atoms with E-state index >= 15 is 0 Å². The van der Waals surface area contributed by atoms with E-state index in [4.69, 9.17) is 9.47 Å². The van der Waals surface area contributed by atoms with Gasteiger partial charge in [0.25, 0.3) is 0 Å². The van der Waals surface area contributed by atoms with E-state index in [9.17, 15) is 14.0 Å². The molecule has 0 aromatic heterocycles. The number of hydrogen-bond donors (Lipinski definition) is 0. The lowest BCUT2D eigenvalue weighted by Gasteiger charge is -2.03. The van der Waals surface area contributed by atoms with Gasteiger partial charge in [-0.2, -0.15) is 0 Å². The fourth-order valence-corrected chi connectivity index (χ4v) is 1.86. The Hall–Kier alpha value is -3.47. The predicted octanol–water partition coefficient (Wildman–Crippen LogP) is 4.18. The van der Waals surface area contributed by atoms with Crippen LogP contribution in [0.4, 0.5) is 4.39 Å². The Balaban J connectivity index is 2.08. The lowest BCUT2D eigenvalue weighted by molar-refractivity contribution is -0.129. The van der Waals surface area contributed by atoms with Crippen LogP contribution in [0.5, 0.6) is 11.5 Å². The number of esters is 2. The van der Waals surface area contributed by atoms with Gasteiger partial charge < -0.3 is 9.47 Å². The Morgan fingerprint density at radius 1 is 0.840 bits per heavy atom. The summed E-state index contributed by atoms with van der Waals surface area (Å²) >= 11 is 0. The third kappa shape index (κ3) is 5.28. The highest BCUT2D eigenvalue weighted by atomic mass is 19.1. The third-order valence-corrected chi connectivity index (χ3v) is 3.08. The Bertz CT molecular complexity index is 835. The topological polar surface area (TPSA) is 52.6 Å². The first-order valence-electron chi connectivity index (χ1n) is 7.28. The zero-order valence-electron chi connectivity index (χ0n) is 13.3. The van der Waals surface area contributed by atoms with Gasteiger partial charge in [0.15, 0.2) is 0 Å². The van der Waals surface area contributed by atoms with Crippen LogP contribution in [-0.4, -0.2) is 11.9 Å². The first kappa shape index (κ1) is 17.9.